The fourth-order valence-electron chi connectivity index (χ4n) is 4.56. The van der Waals surface area contributed by atoms with E-state index in [1.165, 1.54) is 0 Å². The van der Waals surface area contributed by atoms with Gasteiger partial charge in [0.1, 0.15) is 5.56 Å². The fraction of sp³-hybridized carbons (Fsp3) is 0.259. The zero-order chi connectivity index (χ0) is 24.2. The van der Waals surface area contributed by atoms with Crippen molar-refractivity contribution in [2.75, 3.05) is 13.1 Å². The van der Waals surface area contributed by atoms with E-state index in [9.17, 15) is 9.59 Å². The van der Waals surface area contributed by atoms with Crippen molar-refractivity contribution in [1.82, 2.24) is 29.5 Å². The molecule has 4 heterocycles. The second-order valence-electron chi connectivity index (χ2n) is 8.73. The third kappa shape index (κ3) is 4.73. The average Bonchev–Trinajstić information content (AvgIpc) is 3.56. The maximum Gasteiger partial charge on any atom is 0.259 e. The van der Waals surface area contributed by atoms with Gasteiger partial charge in [0.25, 0.3) is 5.91 Å². The Bertz CT molecular complexity index is 1290. The Labute approximate surface area is 204 Å². The van der Waals surface area contributed by atoms with Crippen LogP contribution in [0.2, 0.25) is 0 Å². The number of nitrogens with one attached hydrogen (secondary N) is 1. The number of amides is 2. The van der Waals surface area contributed by atoms with E-state index in [1.54, 1.807) is 6.20 Å². The Morgan fingerprint density at radius 3 is 2.37 bits per heavy atom. The lowest BCUT2D eigenvalue weighted by Crippen LogP contribution is -2.43. The number of piperidine rings is 1. The molecule has 1 N–H and O–H groups in total. The van der Waals surface area contributed by atoms with E-state index in [1.807, 2.05) is 94.1 Å². The van der Waals surface area contributed by atoms with Crippen molar-refractivity contribution in [3.05, 3.63) is 96.2 Å². The minimum atomic E-state index is -0.111. The molecule has 0 aliphatic carbocycles. The largest absolute Gasteiger partial charge is 0.350 e. The average molecular weight is 469 g/mol. The number of likely N-dealkylation sites (tertiary alicyclic amines) is 1. The first-order valence-electron chi connectivity index (χ1n) is 11.9. The zero-order valence-corrected chi connectivity index (χ0v) is 19.7. The number of aromatic nitrogens is 4. The molecule has 4 aromatic rings. The monoisotopic (exact) mass is 468 g/mol. The van der Waals surface area contributed by atoms with Gasteiger partial charge in [-0.15, -0.1) is 0 Å². The number of aryl methyl sites for hydroxylation is 1. The van der Waals surface area contributed by atoms with E-state index < -0.39 is 0 Å². The molecule has 1 aliphatic heterocycles. The predicted molar refractivity (Wildman–Crippen MR) is 132 cm³/mol. The second-order valence-corrected chi connectivity index (χ2v) is 8.73. The van der Waals surface area contributed by atoms with Crippen LogP contribution in [0.3, 0.4) is 0 Å². The van der Waals surface area contributed by atoms with Crippen LogP contribution in [0.25, 0.3) is 11.5 Å². The van der Waals surface area contributed by atoms with E-state index in [0.717, 1.165) is 17.2 Å². The summed E-state index contributed by atoms with van der Waals surface area (Å²) in [5.41, 5.74) is 2.99. The van der Waals surface area contributed by atoms with Gasteiger partial charge in [-0.25, -0.2) is 4.68 Å². The van der Waals surface area contributed by atoms with Crippen molar-refractivity contribution in [1.29, 1.82) is 0 Å². The number of nitrogens with zero attached hydrogens (tertiary/aromatic N) is 5. The van der Waals surface area contributed by atoms with E-state index in [4.69, 9.17) is 5.10 Å². The van der Waals surface area contributed by atoms with E-state index in [2.05, 4.69) is 10.3 Å². The molecule has 0 unspecified atom stereocenters. The molecular formula is C27H28N6O2. The van der Waals surface area contributed by atoms with Crippen LogP contribution >= 0.6 is 0 Å². The summed E-state index contributed by atoms with van der Waals surface area (Å²) in [5.74, 6) is 0.573. The number of rotatable bonds is 6. The summed E-state index contributed by atoms with van der Waals surface area (Å²) in [4.78, 5) is 32.5. The number of benzene rings is 1. The third-order valence-electron chi connectivity index (χ3n) is 6.42. The maximum absolute atomic E-state index is 13.7. The van der Waals surface area contributed by atoms with Crippen LogP contribution in [0.15, 0.2) is 79.3 Å². The van der Waals surface area contributed by atoms with Gasteiger partial charge in [0.05, 0.1) is 23.6 Å². The molecular weight excluding hydrogens is 440 g/mol. The SMILES string of the molecule is Cc1nn(-c2ccccc2)c(-n2cccc2)c1C(=O)N1CCC(C(=O)NCc2ccccn2)CC1. The summed E-state index contributed by atoms with van der Waals surface area (Å²) in [6.45, 7) is 3.34. The molecule has 0 atom stereocenters. The first-order chi connectivity index (χ1) is 17.1. The smallest absolute Gasteiger partial charge is 0.259 e. The van der Waals surface area contributed by atoms with Gasteiger partial charge in [-0.05, 0) is 56.2 Å². The third-order valence-corrected chi connectivity index (χ3v) is 6.42. The van der Waals surface area contributed by atoms with Gasteiger partial charge in [-0.3, -0.25) is 14.6 Å². The van der Waals surface area contributed by atoms with E-state index in [0.29, 0.717) is 43.7 Å². The van der Waals surface area contributed by atoms with Crippen LogP contribution in [0.4, 0.5) is 0 Å². The molecule has 5 rings (SSSR count). The van der Waals surface area contributed by atoms with Gasteiger partial charge in [0.15, 0.2) is 5.82 Å². The molecule has 0 spiro atoms. The maximum atomic E-state index is 13.7. The van der Waals surface area contributed by atoms with Gasteiger partial charge in [-0.1, -0.05) is 24.3 Å². The Kier molecular flexibility index (Phi) is 6.43. The summed E-state index contributed by atoms with van der Waals surface area (Å²) in [6.07, 6.45) is 6.82. The summed E-state index contributed by atoms with van der Waals surface area (Å²) >= 11 is 0. The number of hydrogen-bond donors (Lipinski definition) is 1. The van der Waals surface area contributed by atoms with Crippen LogP contribution < -0.4 is 5.32 Å². The molecule has 2 amide bonds. The molecule has 0 saturated carbocycles. The van der Waals surface area contributed by atoms with Gasteiger partial charge >= 0.3 is 0 Å². The number of hydrogen-bond acceptors (Lipinski definition) is 4. The highest BCUT2D eigenvalue weighted by Crippen LogP contribution is 2.27. The number of carbonyl (C=O) groups excluding carboxylic acids is 2. The lowest BCUT2D eigenvalue weighted by atomic mass is 9.95. The van der Waals surface area contributed by atoms with Crippen molar-refractivity contribution in [2.24, 2.45) is 5.92 Å². The van der Waals surface area contributed by atoms with Crippen molar-refractivity contribution < 1.29 is 9.59 Å². The van der Waals surface area contributed by atoms with Crippen molar-refractivity contribution in [3.8, 4) is 11.5 Å². The highest BCUT2D eigenvalue weighted by atomic mass is 16.2. The number of carbonyl (C=O) groups is 2. The summed E-state index contributed by atoms with van der Waals surface area (Å²) in [6, 6.07) is 19.3. The predicted octanol–water partition coefficient (Wildman–Crippen LogP) is 3.54. The van der Waals surface area contributed by atoms with Crippen LogP contribution in [-0.2, 0) is 11.3 Å². The quantitative estimate of drug-likeness (QED) is 0.469. The summed E-state index contributed by atoms with van der Waals surface area (Å²) < 4.78 is 3.75. The molecule has 35 heavy (non-hydrogen) atoms. The standard InChI is InChI=1S/C27H28N6O2/c1-20-24(26(31-15-7-8-16-31)33(30-20)23-10-3-2-4-11-23)27(35)32-17-12-21(13-18-32)25(34)29-19-22-9-5-6-14-28-22/h2-11,14-16,21H,12-13,17-19H2,1H3,(H,29,34). The van der Waals surface area contributed by atoms with Crippen LogP contribution in [0.1, 0.15) is 34.6 Å². The normalized spacial score (nSPS) is 14.1. The van der Waals surface area contributed by atoms with Gasteiger partial charge < -0.3 is 14.8 Å². The topological polar surface area (TPSA) is 85.0 Å². The fourth-order valence-corrected chi connectivity index (χ4v) is 4.56. The van der Waals surface area contributed by atoms with Gasteiger partial charge in [0.2, 0.25) is 5.91 Å². The highest BCUT2D eigenvalue weighted by molar-refractivity contribution is 5.99. The zero-order valence-electron chi connectivity index (χ0n) is 19.7. The first-order valence-corrected chi connectivity index (χ1v) is 11.9. The second kappa shape index (κ2) is 9.97. The number of pyridine rings is 1. The molecule has 1 fully saturated rings. The van der Waals surface area contributed by atoms with Crippen molar-refractivity contribution >= 4 is 11.8 Å². The summed E-state index contributed by atoms with van der Waals surface area (Å²) in [5, 5.41) is 7.71. The lowest BCUT2D eigenvalue weighted by Gasteiger charge is -2.31. The van der Waals surface area contributed by atoms with Crippen LogP contribution in [0.5, 0.6) is 0 Å². The van der Waals surface area contributed by atoms with E-state index in [-0.39, 0.29) is 17.7 Å². The molecule has 1 saturated heterocycles. The Morgan fingerprint density at radius 2 is 1.69 bits per heavy atom. The Hall–Kier alpha value is -4.20. The Morgan fingerprint density at radius 1 is 0.971 bits per heavy atom. The minimum Gasteiger partial charge on any atom is -0.350 e. The Balaban J connectivity index is 1.31. The molecule has 1 aliphatic rings. The highest BCUT2D eigenvalue weighted by Gasteiger charge is 2.32. The minimum absolute atomic E-state index is 0.0175. The molecule has 8 heteroatoms. The van der Waals surface area contributed by atoms with Gasteiger partial charge in [-0.2, -0.15) is 5.10 Å². The van der Waals surface area contributed by atoms with Gasteiger partial charge in [0, 0.05) is 37.6 Å². The molecule has 8 nitrogen and oxygen atoms in total. The van der Waals surface area contributed by atoms with Crippen molar-refractivity contribution in [3.63, 3.8) is 0 Å². The molecule has 3 aromatic heterocycles. The summed E-state index contributed by atoms with van der Waals surface area (Å²) in [7, 11) is 0. The molecule has 0 bridgehead atoms. The lowest BCUT2D eigenvalue weighted by molar-refractivity contribution is -0.126. The van der Waals surface area contributed by atoms with Crippen molar-refractivity contribution in [2.45, 2.75) is 26.3 Å². The van der Waals surface area contributed by atoms with E-state index >= 15 is 0 Å². The number of para-hydroxylation sites is 1. The molecule has 0 radical (unpaired) electrons. The van der Waals surface area contributed by atoms with Crippen LogP contribution in [-0.4, -0.2) is 49.1 Å². The van der Waals surface area contributed by atoms with Crippen LogP contribution in [0, 0.1) is 12.8 Å². The first kappa shape index (κ1) is 22.6. The molecule has 1 aromatic carbocycles. The molecule has 178 valence electrons.